The number of hydrogen-bond acceptors (Lipinski definition) is 9. The third kappa shape index (κ3) is 7.47. The van der Waals surface area contributed by atoms with Gasteiger partial charge in [0.05, 0.1) is 18.3 Å². The van der Waals surface area contributed by atoms with Gasteiger partial charge in [0.2, 0.25) is 23.5 Å². The zero-order chi connectivity index (χ0) is 34.0. The number of ketones is 1. The minimum absolute atomic E-state index is 0.00495. The molecule has 0 aromatic carbocycles. The third-order valence-electron chi connectivity index (χ3n) is 9.73. The molecule has 256 valence electrons. The van der Waals surface area contributed by atoms with E-state index in [1.807, 2.05) is 27.7 Å². The van der Waals surface area contributed by atoms with Gasteiger partial charge in [-0.05, 0) is 56.3 Å². The Labute approximate surface area is 275 Å². The summed E-state index contributed by atoms with van der Waals surface area (Å²) in [6.07, 6.45) is 8.49. The highest BCUT2D eigenvalue weighted by Gasteiger charge is 2.54. The second-order valence-electron chi connectivity index (χ2n) is 14.4. The van der Waals surface area contributed by atoms with Gasteiger partial charge in [0.25, 0.3) is 11.8 Å². The van der Waals surface area contributed by atoms with Gasteiger partial charge in [-0.2, -0.15) is 0 Å². The summed E-state index contributed by atoms with van der Waals surface area (Å²) in [6.45, 7) is 9.24. The second kappa shape index (κ2) is 14.0. The molecule has 0 radical (unpaired) electrons. The molecule has 14 nitrogen and oxygen atoms in total. The molecule has 4 aliphatic rings. The van der Waals surface area contributed by atoms with Crippen molar-refractivity contribution >= 4 is 35.3 Å². The zero-order valence-electron chi connectivity index (χ0n) is 27.9. The quantitative estimate of drug-likeness (QED) is 0.293. The maximum absolute atomic E-state index is 14.7. The molecular weight excluding hydrogens is 606 g/mol. The standard InChI is InChI=1S/C33H47N7O7/c1-6-8-22(26(41)30(44)36-20-11-12-20)37-29(43)25-21-10-7-9-19(21)16-39(25)32(46)27(33(3,4)5)40-17-47-18(2)24(31(40)45)38-28(42)23-15-34-13-14-35-23/h13-15,18-22,24-25,27H,6-12,16-17H2,1-5H3,(H,36,44)(H,37,43)(H,38,42)/t18-,19+,21+,22+,24+,25+,27-/m1/s1. The van der Waals surface area contributed by atoms with Gasteiger partial charge < -0.3 is 30.5 Å². The van der Waals surface area contributed by atoms with Crippen LogP contribution in [0.25, 0.3) is 0 Å². The lowest BCUT2D eigenvalue weighted by molar-refractivity contribution is -0.174. The number of ether oxygens (including phenoxy) is 1. The van der Waals surface area contributed by atoms with E-state index in [0.717, 1.165) is 32.1 Å². The van der Waals surface area contributed by atoms with Crippen LogP contribution in [-0.4, -0.2) is 105 Å². The summed E-state index contributed by atoms with van der Waals surface area (Å²) in [5, 5.41) is 8.25. The van der Waals surface area contributed by atoms with Crippen molar-refractivity contribution in [1.82, 2.24) is 35.7 Å². The SMILES string of the molecule is CCC[C@H](NC(=O)[C@@H]1[C@H]2CCC[C@H]2CN1C(=O)[C@@H](N1CO[C@H](C)[C@H](NC(=O)c2cnccn2)C1=O)C(C)(C)C)C(=O)C(=O)NC1CC1. The Morgan fingerprint density at radius 3 is 2.45 bits per heavy atom. The number of fused-ring (bicyclic) bond motifs is 1. The van der Waals surface area contributed by atoms with E-state index in [2.05, 4.69) is 25.9 Å². The van der Waals surface area contributed by atoms with Gasteiger partial charge in [0.1, 0.15) is 30.6 Å². The first-order valence-electron chi connectivity index (χ1n) is 16.8. The topological polar surface area (TPSA) is 180 Å². The van der Waals surface area contributed by atoms with Crippen LogP contribution in [0.15, 0.2) is 18.6 Å². The van der Waals surface area contributed by atoms with E-state index in [0.29, 0.717) is 19.4 Å². The van der Waals surface area contributed by atoms with Crippen LogP contribution in [0, 0.1) is 17.3 Å². The Morgan fingerprint density at radius 2 is 1.81 bits per heavy atom. The first-order chi connectivity index (χ1) is 22.3. The van der Waals surface area contributed by atoms with Crippen molar-refractivity contribution in [3.63, 3.8) is 0 Å². The van der Waals surface area contributed by atoms with E-state index in [9.17, 15) is 28.8 Å². The molecule has 7 atom stereocenters. The number of carbonyl (C=O) groups is 6. The molecule has 0 spiro atoms. The maximum atomic E-state index is 14.7. The van der Waals surface area contributed by atoms with Crippen molar-refractivity contribution in [3.05, 3.63) is 24.3 Å². The van der Waals surface area contributed by atoms with Gasteiger partial charge in [-0.25, -0.2) is 4.98 Å². The Balaban J connectivity index is 1.37. The molecule has 2 saturated heterocycles. The summed E-state index contributed by atoms with van der Waals surface area (Å²) < 4.78 is 5.94. The van der Waals surface area contributed by atoms with Crippen molar-refractivity contribution in [3.8, 4) is 0 Å². The highest BCUT2D eigenvalue weighted by atomic mass is 16.5. The summed E-state index contributed by atoms with van der Waals surface area (Å²) in [4.78, 5) is 92.2. The molecule has 2 aliphatic carbocycles. The summed E-state index contributed by atoms with van der Waals surface area (Å²) in [7, 11) is 0. The molecule has 0 unspecified atom stereocenters. The van der Waals surface area contributed by atoms with Gasteiger partial charge in [0, 0.05) is 25.0 Å². The Kier molecular flexibility index (Phi) is 10.3. The van der Waals surface area contributed by atoms with Crippen LogP contribution in [0.3, 0.4) is 0 Å². The molecule has 14 heteroatoms. The minimum Gasteiger partial charge on any atom is -0.355 e. The molecule has 2 aliphatic heterocycles. The highest BCUT2D eigenvalue weighted by Crippen LogP contribution is 2.44. The Morgan fingerprint density at radius 1 is 1.06 bits per heavy atom. The molecule has 2 saturated carbocycles. The lowest BCUT2D eigenvalue weighted by atomic mass is 9.83. The van der Waals surface area contributed by atoms with Crippen LogP contribution >= 0.6 is 0 Å². The van der Waals surface area contributed by atoms with E-state index in [1.165, 1.54) is 23.5 Å². The Hall–Kier alpha value is -3.94. The fourth-order valence-corrected chi connectivity index (χ4v) is 7.20. The monoisotopic (exact) mass is 653 g/mol. The molecule has 5 amide bonds. The molecule has 3 N–H and O–H groups in total. The number of carbonyl (C=O) groups excluding carboxylic acids is 6. The van der Waals surface area contributed by atoms with Gasteiger partial charge in [-0.15, -0.1) is 0 Å². The van der Waals surface area contributed by atoms with Crippen LogP contribution in [0.5, 0.6) is 0 Å². The fraction of sp³-hybridized carbons (Fsp3) is 0.697. The van der Waals surface area contributed by atoms with E-state index < -0.39 is 71.0 Å². The first kappa shape index (κ1) is 34.4. The average Bonchev–Trinajstić information content (AvgIpc) is 3.59. The number of hydrogen-bond donors (Lipinski definition) is 3. The van der Waals surface area contributed by atoms with Crippen molar-refractivity contribution < 1.29 is 33.5 Å². The lowest BCUT2D eigenvalue weighted by Gasteiger charge is -2.46. The fourth-order valence-electron chi connectivity index (χ4n) is 7.20. The summed E-state index contributed by atoms with van der Waals surface area (Å²) >= 11 is 0. The molecule has 1 aromatic rings. The molecule has 47 heavy (non-hydrogen) atoms. The summed E-state index contributed by atoms with van der Waals surface area (Å²) in [6, 6.07) is -3.96. The number of likely N-dealkylation sites (tertiary alicyclic amines) is 1. The normalized spacial score (nSPS) is 27.1. The van der Waals surface area contributed by atoms with Crippen LogP contribution < -0.4 is 16.0 Å². The molecular formula is C33H47N7O7. The van der Waals surface area contributed by atoms with Crippen LogP contribution in [0.1, 0.15) is 90.1 Å². The summed E-state index contributed by atoms with van der Waals surface area (Å²) in [5.74, 6) is -3.33. The number of nitrogens with zero attached hydrogens (tertiary/aromatic N) is 4. The minimum atomic E-state index is -1.09. The van der Waals surface area contributed by atoms with Gasteiger partial charge in [-0.1, -0.05) is 40.5 Å². The van der Waals surface area contributed by atoms with Crippen LogP contribution in [-0.2, 0) is 28.7 Å². The van der Waals surface area contributed by atoms with Gasteiger partial charge in [0.15, 0.2) is 0 Å². The Bertz CT molecular complexity index is 1380. The van der Waals surface area contributed by atoms with E-state index >= 15 is 0 Å². The van der Waals surface area contributed by atoms with Crippen molar-refractivity contribution in [2.45, 2.75) is 116 Å². The number of Topliss-reactive ketones (excluding diaryl/α,β-unsaturated/α-hetero) is 1. The van der Waals surface area contributed by atoms with E-state index in [1.54, 1.807) is 11.8 Å². The predicted molar refractivity (Wildman–Crippen MR) is 168 cm³/mol. The number of amides is 5. The van der Waals surface area contributed by atoms with Crippen molar-refractivity contribution in [2.24, 2.45) is 17.3 Å². The summed E-state index contributed by atoms with van der Waals surface area (Å²) in [5.41, 5.74) is -0.744. The van der Waals surface area contributed by atoms with Gasteiger partial charge >= 0.3 is 0 Å². The molecule has 1 aromatic heterocycles. The highest BCUT2D eigenvalue weighted by molar-refractivity contribution is 6.38. The van der Waals surface area contributed by atoms with Crippen LogP contribution in [0.4, 0.5) is 0 Å². The van der Waals surface area contributed by atoms with Crippen molar-refractivity contribution in [2.75, 3.05) is 13.3 Å². The van der Waals surface area contributed by atoms with Gasteiger partial charge in [-0.3, -0.25) is 33.8 Å². The smallest absolute Gasteiger partial charge is 0.289 e. The van der Waals surface area contributed by atoms with Crippen molar-refractivity contribution in [1.29, 1.82) is 0 Å². The number of rotatable bonds is 11. The van der Waals surface area contributed by atoms with E-state index in [4.69, 9.17) is 4.74 Å². The third-order valence-corrected chi connectivity index (χ3v) is 9.73. The number of nitrogens with one attached hydrogen (secondary N) is 3. The second-order valence-corrected chi connectivity index (χ2v) is 14.4. The lowest BCUT2D eigenvalue weighted by Crippen LogP contribution is -2.67. The first-order valence-corrected chi connectivity index (χ1v) is 16.8. The molecule has 5 rings (SSSR count). The average molecular weight is 654 g/mol. The zero-order valence-corrected chi connectivity index (χ0v) is 27.9. The number of aromatic nitrogens is 2. The largest absolute Gasteiger partial charge is 0.355 e. The van der Waals surface area contributed by atoms with Crippen LogP contribution in [0.2, 0.25) is 0 Å². The predicted octanol–water partition coefficient (Wildman–Crippen LogP) is 0.954. The maximum Gasteiger partial charge on any atom is 0.289 e. The molecule has 0 bridgehead atoms. The molecule has 4 fully saturated rings. The molecule has 3 heterocycles. The van der Waals surface area contributed by atoms with E-state index in [-0.39, 0.29) is 30.3 Å².